The van der Waals surface area contributed by atoms with Crippen LogP contribution < -0.4 is 4.72 Å². The summed E-state index contributed by atoms with van der Waals surface area (Å²) in [5.74, 6) is -0.292. The van der Waals surface area contributed by atoms with Gasteiger partial charge in [-0.1, -0.05) is 38.1 Å². The topological polar surface area (TPSA) is 66.5 Å². The van der Waals surface area contributed by atoms with Gasteiger partial charge in [-0.3, -0.25) is 4.79 Å². The summed E-state index contributed by atoms with van der Waals surface area (Å²) in [7, 11) is -3.58. The average Bonchev–Trinajstić information content (AvgIpc) is 2.55. The van der Waals surface area contributed by atoms with E-state index in [1.807, 2.05) is 45.0 Å². The molecule has 1 aromatic rings. The quantitative estimate of drug-likeness (QED) is 0.855. The summed E-state index contributed by atoms with van der Waals surface area (Å²) >= 11 is 0. The standard InChI is InChI=1S/C18H28N2O3S/c1-14(2)17(18(21)20-11-7-4-8-12-20)19-24(22,23)13-16-10-6-5-9-15(16)3/h5-6,9-10,14,17,19H,4,7-8,11-13H2,1-3H3/t17-/m0/s1. The first-order valence-corrected chi connectivity index (χ1v) is 10.3. The molecule has 1 aliphatic rings. The first-order chi connectivity index (χ1) is 11.3. The van der Waals surface area contributed by atoms with Gasteiger partial charge in [0, 0.05) is 13.1 Å². The number of nitrogens with zero attached hydrogens (tertiary/aromatic N) is 1. The van der Waals surface area contributed by atoms with E-state index in [4.69, 9.17) is 0 Å². The number of hydrogen-bond acceptors (Lipinski definition) is 3. The van der Waals surface area contributed by atoms with Crippen molar-refractivity contribution < 1.29 is 13.2 Å². The van der Waals surface area contributed by atoms with Crippen molar-refractivity contribution in [1.29, 1.82) is 0 Å². The lowest BCUT2D eigenvalue weighted by atomic mass is 10.0. The Morgan fingerprint density at radius 3 is 2.38 bits per heavy atom. The highest BCUT2D eigenvalue weighted by molar-refractivity contribution is 7.88. The van der Waals surface area contributed by atoms with E-state index < -0.39 is 16.1 Å². The molecule has 1 fully saturated rings. The maximum atomic E-state index is 12.7. The molecular formula is C18H28N2O3S. The van der Waals surface area contributed by atoms with Crippen LogP contribution in [0.1, 0.15) is 44.2 Å². The maximum absolute atomic E-state index is 12.7. The second kappa shape index (κ2) is 8.12. The molecular weight excluding hydrogens is 324 g/mol. The van der Waals surface area contributed by atoms with Crippen molar-refractivity contribution in [2.24, 2.45) is 5.92 Å². The molecule has 1 N–H and O–H groups in total. The van der Waals surface area contributed by atoms with Gasteiger partial charge in [-0.25, -0.2) is 13.1 Å². The molecule has 0 bridgehead atoms. The molecule has 5 nitrogen and oxygen atoms in total. The number of sulfonamides is 1. The first kappa shape index (κ1) is 18.9. The minimum atomic E-state index is -3.58. The number of benzene rings is 1. The Hall–Kier alpha value is -1.40. The van der Waals surface area contributed by atoms with Crippen LogP contribution >= 0.6 is 0 Å². The third-order valence-electron chi connectivity index (χ3n) is 4.51. The number of aryl methyl sites for hydroxylation is 1. The average molecular weight is 353 g/mol. The summed E-state index contributed by atoms with van der Waals surface area (Å²) in [6.07, 6.45) is 3.12. The zero-order chi connectivity index (χ0) is 17.7. The fraction of sp³-hybridized carbons (Fsp3) is 0.611. The van der Waals surface area contributed by atoms with Crippen LogP contribution in [0.25, 0.3) is 0 Å². The number of carbonyl (C=O) groups is 1. The number of piperidine rings is 1. The van der Waals surface area contributed by atoms with Gasteiger partial charge in [-0.2, -0.15) is 0 Å². The predicted molar refractivity (Wildman–Crippen MR) is 96.0 cm³/mol. The van der Waals surface area contributed by atoms with Crippen LogP contribution in [0, 0.1) is 12.8 Å². The second-order valence-corrected chi connectivity index (χ2v) is 8.66. The SMILES string of the molecule is Cc1ccccc1CS(=O)(=O)N[C@H](C(=O)N1CCCCC1)C(C)C. The van der Waals surface area contributed by atoms with E-state index in [2.05, 4.69) is 4.72 Å². The Balaban J connectivity index is 2.11. The van der Waals surface area contributed by atoms with Gasteiger partial charge in [0.05, 0.1) is 5.75 Å². The molecule has 1 saturated heterocycles. The van der Waals surface area contributed by atoms with Crippen molar-refractivity contribution in [2.45, 2.75) is 51.8 Å². The number of hydrogen-bond donors (Lipinski definition) is 1. The molecule has 1 amide bonds. The van der Waals surface area contributed by atoms with Crippen molar-refractivity contribution in [3.63, 3.8) is 0 Å². The van der Waals surface area contributed by atoms with Crippen LogP contribution in [-0.4, -0.2) is 38.4 Å². The lowest BCUT2D eigenvalue weighted by Crippen LogP contribution is -2.52. The smallest absolute Gasteiger partial charge is 0.241 e. The van der Waals surface area contributed by atoms with Crippen LogP contribution in [-0.2, 0) is 20.6 Å². The van der Waals surface area contributed by atoms with Crippen LogP contribution in [0.2, 0.25) is 0 Å². The molecule has 2 rings (SSSR count). The van der Waals surface area contributed by atoms with Crippen LogP contribution in [0.3, 0.4) is 0 Å². The molecule has 0 unspecified atom stereocenters. The van der Waals surface area contributed by atoms with Crippen LogP contribution in [0.15, 0.2) is 24.3 Å². The Kier molecular flexibility index (Phi) is 6.40. The largest absolute Gasteiger partial charge is 0.341 e. The molecule has 0 aliphatic carbocycles. The number of nitrogens with one attached hydrogen (secondary N) is 1. The van der Waals surface area contributed by atoms with Gasteiger partial charge in [0.15, 0.2) is 0 Å². The highest BCUT2D eigenvalue weighted by Crippen LogP contribution is 2.16. The highest BCUT2D eigenvalue weighted by Gasteiger charge is 2.31. The summed E-state index contributed by atoms with van der Waals surface area (Å²) in [6, 6.07) is 6.72. The van der Waals surface area contributed by atoms with Crippen molar-refractivity contribution in [1.82, 2.24) is 9.62 Å². The molecule has 1 aromatic carbocycles. The van der Waals surface area contributed by atoms with E-state index in [0.29, 0.717) is 0 Å². The molecule has 6 heteroatoms. The van der Waals surface area contributed by atoms with Crippen molar-refractivity contribution >= 4 is 15.9 Å². The van der Waals surface area contributed by atoms with Crippen LogP contribution in [0.4, 0.5) is 0 Å². The number of carbonyl (C=O) groups excluding carboxylic acids is 1. The van der Waals surface area contributed by atoms with E-state index >= 15 is 0 Å². The number of amides is 1. The van der Waals surface area contributed by atoms with Gasteiger partial charge in [0.2, 0.25) is 15.9 Å². The zero-order valence-corrected chi connectivity index (χ0v) is 15.6. The zero-order valence-electron chi connectivity index (χ0n) is 14.8. The number of rotatable bonds is 6. The molecule has 0 radical (unpaired) electrons. The third kappa shape index (κ3) is 5.05. The molecule has 1 heterocycles. The Morgan fingerprint density at radius 2 is 1.79 bits per heavy atom. The fourth-order valence-electron chi connectivity index (χ4n) is 2.99. The predicted octanol–water partition coefficient (Wildman–Crippen LogP) is 2.45. The lowest BCUT2D eigenvalue weighted by Gasteiger charge is -2.32. The summed E-state index contributed by atoms with van der Waals surface area (Å²) in [4.78, 5) is 14.5. The van der Waals surface area contributed by atoms with Gasteiger partial charge in [0.1, 0.15) is 6.04 Å². The summed E-state index contributed by atoms with van der Waals surface area (Å²) in [5, 5.41) is 0. The monoisotopic (exact) mass is 352 g/mol. The van der Waals surface area contributed by atoms with Gasteiger partial charge in [-0.05, 0) is 43.2 Å². The van der Waals surface area contributed by atoms with Gasteiger partial charge < -0.3 is 4.90 Å². The van der Waals surface area contributed by atoms with Crippen molar-refractivity contribution in [2.75, 3.05) is 13.1 Å². The molecule has 24 heavy (non-hydrogen) atoms. The van der Waals surface area contributed by atoms with Crippen molar-refractivity contribution in [3.05, 3.63) is 35.4 Å². The normalized spacial score (nSPS) is 17.1. The van der Waals surface area contributed by atoms with Gasteiger partial charge in [0.25, 0.3) is 0 Å². The van der Waals surface area contributed by atoms with E-state index in [1.165, 1.54) is 0 Å². The van der Waals surface area contributed by atoms with Gasteiger partial charge in [-0.15, -0.1) is 0 Å². The molecule has 134 valence electrons. The van der Waals surface area contributed by atoms with Gasteiger partial charge >= 0.3 is 0 Å². The summed E-state index contributed by atoms with van der Waals surface area (Å²) in [6.45, 7) is 7.10. The molecule has 0 spiro atoms. The molecule has 1 aliphatic heterocycles. The Labute approximate surface area is 145 Å². The maximum Gasteiger partial charge on any atom is 0.241 e. The minimum absolute atomic E-state index is 0.0916. The van der Waals surface area contributed by atoms with Crippen molar-refractivity contribution in [3.8, 4) is 0 Å². The molecule has 1 atom stereocenters. The first-order valence-electron chi connectivity index (χ1n) is 8.63. The van der Waals surface area contributed by atoms with E-state index in [1.54, 1.807) is 4.90 Å². The van der Waals surface area contributed by atoms with E-state index in [9.17, 15) is 13.2 Å². The fourth-order valence-corrected chi connectivity index (χ4v) is 4.57. The molecule has 0 saturated carbocycles. The van der Waals surface area contributed by atoms with E-state index in [-0.39, 0.29) is 17.6 Å². The lowest BCUT2D eigenvalue weighted by molar-refractivity contribution is -0.134. The second-order valence-electron chi connectivity index (χ2n) is 6.91. The highest BCUT2D eigenvalue weighted by atomic mass is 32.2. The minimum Gasteiger partial charge on any atom is -0.341 e. The Morgan fingerprint density at radius 1 is 1.17 bits per heavy atom. The molecule has 0 aromatic heterocycles. The Bertz CT molecular complexity index is 665. The van der Waals surface area contributed by atoms with Crippen LogP contribution in [0.5, 0.6) is 0 Å². The third-order valence-corrected chi connectivity index (χ3v) is 5.82. The summed E-state index contributed by atoms with van der Waals surface area (Å²) < 4.78 is 27.8. The summed E-state index contributed by atoms with van der Waals surface area (Å²) in [5.41, 5.74) is 1.70. The number of likely N-dealkylation sites (tertiary alicyclic amines) is 1. The van der Waals surface area contributed by atoms with E-state index in [0.717, 1.165) is 43.5 Å².